The van der Waals surface area contributed by atoms with Crippen molar-refractivity contribution in [3.63, 3.8) is 0 Å². The van der Waals surface area contributed by atoms with Crippen LogP contribution in [0.2, 0.25) is 0 Å². The van der Waals surface area contributed by atoms with Crippen LogP contribution in [0.15, 0.2) is 29.2 Å². The Labute approximate surface area is 168 Å². The minimum Gasteiger partial charge on any atom is -0.385 e. The lowest BCUT2D eigenvalue weighted by Gasteiger charge is -2.13. The molecule has 4 rings (SSSR count). The Kier molecular flexibility index (Phi) is 5.64. The number of hydrogen-bond donors (Lipinski definition) is 1. The molecule has 1 unspecified atom stereocenters. The van der Waals surface area contributed by atoms with Crippen LogP contribution in [0.4, 0.5) is 0 Å². The standard InChI is InChI=1S/C21H26N4O4/c1-14-6-3-8-25-18(14)23-19-16(21(25)27)12-17(24(19)9-5-10-28-2)20(26)22-13-15-7-4-11-29-15/h3,6,8,12,15H,4-5,7,9-11,13H2,1-2H3,(H,22,26). The maximum absolute atomic E-state index is 13.1. The zero-order valence-electron chi connectivity index (χ0n) is 16.8. The second-order valence-corrected chi connectivity index (χ2v) is 7.41. The minimum atomic E-state index is -0.221. The second-order valence-electron chi connectivity index (χ2n) is 7.41. The van der Waals surface area contributed by atoms with Crippen molar-refractivity contribution >= 4 is 22.6 Å². The van der Waals surface area contributed by atoms with Crippen molar-refractivity contribution in [1.29, 1.82) is 0 Å². The van der Waals surface area contributed by atoms with Gasteiger partial charge in [0.15, 0.2) is 0 Å². The van der Waals surface area contributed by atoms with Crippen LogP contribution in [0.5, 0.6) is 0 Å². The van der Waals surface area contributed by atoms with Gasteiger partial charge in [-0.3, -0.25) is 14.0 Å². The van der Waals surface area contributed by atoms with E-state index in [1.165, 1.54) is 4.40 Å². The van der Waals surface area contributed by atoms with Crippen LogP contribution in [0, 0.1) is 6.92 Å². The third kappa shape index (κ3) is 3.77. The van der Waals surface area contributed by atoms with E-state index in [0.717, 1.165) is 25.0 Å². The fraction of sp³-hybridized carbons (Fsp3) is 0.476. The summed E-state index contributed by atoms with van der Waals surface area (Å²) in [6.07, 6.45) is 4.44. The lowest BCUT2D eigenvalue weighted by atomic mass is 10.2. The molecule has 1 fully saturated rings. The average Bonchev–Trinajstić information content (AvgIpc) is 3.36. The van der Waals surface area contributed by atoms with Crippen LogP contribution in [0.1, 0.15) is 35.3 Å². The highest BCUT2D eigenvalue weighted by atomic mass is 16.5. The molecule has 8 nitrogen and oxygen atoms in total. The van der Waals surface area contributed by atoms with Gasteiger partial charge in [-0.2, -0.15) is 0 Å². The molecule has 0 aliphatic carbocycles. The molecule has 0 aromatic carbocycles. The summed E-state index contributed by atoms with van der Waals surface area (Å²) in [4.78, 5) is 30.7. The Balaban J connectivity index is 1.77. The fourth-order valence-electron chi connectivity index (χ4n) is 3.85. The summed E-state index contributed by atoms with van der Waals surface area (Å²) in [7, 11) is 1.64. The summed E-state index contributed by atoms with van der Waals surface area (Å²) in [6, 6.07) is 5.39. The summed E-state index contributed by atoms with van der Waals surface area (Å²) >= 11 is 0. The number of pyridine rings is 1. The number of carbonyl (C=O) groups excluding carboxylic acids is 1. The zero-order chi connectivity index (χ0) is 20.4. The van der Waals surface area contributed by atoms with Gasteiger partial charge in [-0.05, 0) is 43.9 Å². The maximum Gasteiger partial charge on any atom is 0.268 e. The monoisotopic (exact) mass is 398 g/mol. The number of methoxy groups -OCH3 is 1. The molecule has 1 saturated heterocycles. The van der Waals surface area contributed by atoms with Crippen molar-refractivity contribution in [2.45, 2.75) is 38.8 Å². The number of nitrogens with zero attached hydrogens (tertiary/aromatic N) is 3. The van der Waals surface area contributed by atoms with E-state index in [1.54, 1.807) is 19.4 Å². The SMILES string of the molecule is COCCCn1c(C(=O)NCC2CCCO2)cc2c(=O)n3cccc(C)c3nc21. The van der Waals surface area contributed by atoms with Gasteiger partial charge in [-0.25, -0.2) is 4.98 Å². The van der Waals surface area contributed by atoms with Gasteiger partial charge < -0.3 is 19.4 Å². The smallest absolute Gasteiger partial charge is 0.268 e. The first-order valence-corrected chi connectivity index (χ1v) is 10.00. The molecule has 0 radical (unpaired) electrons. The third-order valence-corrected chi connectivity index (χ3v) is 5.37. The molecule has 1 aliphatic rings. The number of amides is 1. The van der Waals surface area contributed by atoms with Gasteiger partial charge in [0.05, 0.1) is 11.5 Å². The number of ether oxygens (including phenoxy) is 2. The highest BCUT2D eigenvalue weighted by Gasteiger charge is 2.22. The zero-order valence-corrected chi connectivity index (χ0v) is 16.8. The second kappa shape index (κ2) is 8.34. The van der Waals surface area contributed by atoms with E-state index < -0.39 is 0 Å². The van der Waals surface area contributed by atoms with Crippen molar-refractivity contribution in [2.24, 2.45) is 0 Å². The predicted molar refractivity (Wildman–Crippen MR) is 109 cm³/mol. The average molecular weight is 398 g/mol. The summed E-state index contributed by atoms with van der Waals surface area (Å²) in [6.45, 7) is 4.22. The maximum atomic E-state index is 13.1. The molecule has 1 atom stereocenters. The lowest BCUT2D eigenvalue weighted by molar-refractivity contribution is 0.0849. The Hall–Kier alpha value is -2.71. The highest BCUT2D eigenvalue weighted by Crippen LogP contribution is 2.19. The minimum absolute atomic E-state index is 0.0549. The van der Waals surface area contributed by atoms with E-state index in [2.05, 4.69) is 5.32 Å². The van der Waals surface area contributed by atoms with Gasteiger partial charge >= 0.3 is 0 Å². The molecule has 0 saturated carbocycles. The van der Waals surface area contributed by atoms with Crippen molar-refractivity contribution in [2.75, 3.05) is 26.9 Å². The largest absolute Gasteiger partial charge is 0.385 e. The number of rotatable bonds is 7. The number of hydrogen-bond acceptors (Lipinski definition) is 5. The van der Waals surface area contributed by atoms with Crippen LogP contribution < -0.4 is 10.9 Å². The first kappa shape index (κ1) is 19.6. The predicted octanol–water partition coefficient (Wildman–Crippen LogP) is 1.90. The number of aryl methyl sites for hydroxylation is 2. The van der Waals surface area contributed by atoms with Crippen molar-refractivity contribution in [1.82, 2.24) is 19.3 Å². The first-order chi connectivity index (χ1) is 14.1. The third-order valence-electron chi connectivity index (χ3n) is 5.37. The van der Waals surface area contributed by atoms with Gasteiger partial charge in [0.2, 0.25) is 0 Å². The molecular formula is C21H26N4O4. The summed E-state index contributed by atoms with van der Waals surface area (Å²) < 4.78 is 14.1. The molecule has 154 valence electrons. The normalized spacial score (nSPS) is 16.7. The molecule has 29 heavy (non-hydrogen) atoms. The van der Waals surface area contributed by atoms with Crippen LogP contribution in [0.25, 0.3) is 16.7 Å². The van der Waals surface area contributed by atoms with Gasteiger partial charge in [0.1, 0.15) is 17.0 Å². The van der Waals surface area contributed by atoms with Crippen LogP contribution in [-0.2, 0) is 16.0 Å². The Morgan fingerprint density at radius 2 is 2.28 bits per heavy atom. The summed E-state index contributed by atoms with van der Waals surface area (Å²) in [5, 5.41) is 3.39. The summed E-state index contributed by atoms with van der Waals surface area (Å²) in [5.74, 6) is -0.221. The molecule has 4 heterocycles. The van der Waals surface area contributed by atoms with E-state index in [9.17, 15) is 9.59 Å². The van der Waals surface area contributed by atoms with E-state index >= 15 is 0 Å². The van der Waals surface area contributed by atoms with Gasteiger partial charge in [-0.1, -0.05) is 6.07 Å². The van der Waals surface area contributed by atoms with Crippen LogP contribution in [-0.4, -0.2) is 52.8 Å². The highest BCUT2D eigenvalue weighted by molar-refractivity contribution is 5.98. The molecule has 1 aliphatic heterocycles. The Morgan fingerprint density at radius 3 is 3.03 bits per heavy atom. The lowest BCUT2D eigenvalue weighted by Crippen LogP contribution is -2.33. The van der Waals surface area contributed by atoms with Gasteiger partial charge in [-0.15, -0.1) is 0 Å². The van der Waals surface area contributed by atoms with Crippen LogP contribution >= 0.6 is 0 Å². The quantitative estimate of drug-likeness (QED) is 0.615. The Bertz CT molecular complexity index is 1100. The van der Waals surface area contributed by atoms with Crippen molar-refractivity contribution in [3.8, 4) is 0 Å². The fourth-order valence-corrected chi connectivity index (χ4v) is 3.85. The van der Waals surface area contributed by atoms with Crippen LogP contribution in [0.3, 0.4) is 0 Å². The molecule has 1 amide bonds. The van der Waals surface area contributed by atoms with Gasteiger partial charge in [0, 0.05) is 39.6 Å². The number of fused-ring (bicyclic) bond motifs is 2. The Morgan fingerprint density at radius 1 is 1.41 bits per heavy atom. The summed E-state index contributed by atoms with van der Waals surface area (Å²) in [5.41, 5.74) is 2.30. The van der Waals surface area contributed by atoms with E-state index in [4.69, 9.17) is 14.5 Å². The molecule has 3 aromatic heterocycles. The number of nitrogens with one attached hydrogen (secondary N) is 1. The molecule has 1 N–H and O–H groups in total. The molecule has 3 aromatic rings. The van der Waals surface area contributed by atoms with Gasteiger partial charge in [0.25, 0.3) is 11.5 Å². The van der Waals surface area contributed by atoms with Crippen molar-refractivity contribution < 1.29 is 14.3 Å². The van der Waals surface area contributed by atoms with Crippen molar-refractivity contribution in [3.05, 3.63) is 46.0 Å². The molecular weight excluding hydrogens is 372 g/mol. The molecule has 8 heteroatoms. The number of carbonyl (C=O) groups is 1. The molecule has 0 bridgehead atoms. The van der Waals surface area contributed by atoms with E-state index in [-0.39, 0.29) is 17.6 Å². The molecule has 0 spiro atoms. The topological polar surface area (TPSA) is 86.9 Å². The first-order valence-electron chi connectivity index (χ1n) is 10.00. The number of aromatic nitrogens is 3. The van der Waals surface area contributed by atoms with E-state index in [1.807, 2.05) is 23.6 Å². The van der Waals surface area contributed by atoms with E-state index in [0.29, 0.717) is 48.5 Å².